The van der Waals surface area contributed by atoms with Crippen LogP contribution in [0.4, 0.5) is 5.69 Å². The molecule has 0 aliphatic carbocycles. The van der Waals surface area contributed by atoms with Gasteiger partial charge in [-0.25, -0.2) is 0 Å². The molecule has 4 rings (SSSR count). The monoisotopic (exact) mass is 460 g/mol. The Bertz CT molecular complexity index is 1430. The Labute approximate surface area is 219 Å². The molecule has 0 unspecified atom stereocenters. The van der Waals surface area contributed by atoms with Crippen molar-refractivity contribution in [1.82, 2.24) is 9.13 Å². The summed E-state index contributed by atoms with van der Waals surface area (Å²) in [4.78, 5) is 13.6. The van der Waals surface area contributed by atoms with Crippen molar-refractivity contribution in [2.45, 2.75) is 48.5 Å². The zero-order chi connectivity index (χ0) is 24.7. The van der Waals surface area contributed by atoms with Crippen molar-refractivity contribution in [2.24, 2.45) is 0 Å². The molecular formula is C29H33LiN4O. The summed E-state index contributed by atoms with van der Waals surface area (Å²) < 4.78 is 3.60. The first kappa shape index (κ1) is 26.3. The third kappa shape index (κ3) is 5.07. The second-order valence-corrected chi connectivity index (χ2v) is 9.36. The molecule has 0 bridgehead atoms. The molecule has 1 amide bonds. The molecule has 3 aromatic carbocycles. The van der Waals surface area contributed by atoms with Gasteiger partial charge in [0, 0.05) is 11.9 Å². The molecule has 0 aliphatic heterocycles. The van der Waals surface area contributed by atoms with E-state index in [0.29, 0.717) is 5.69 Å². The maximum absolute atomic E-state index is 13.6. The van der Waals surface area contributed by atoms with Crippen molar-refractivity contribution in [3.8, 4) is 11.4 Å². The minimum atomic E-state index is -0.252. The average Bonchev–Trinajstić information content (AvgIpc) is 3.05. The second kappa shape index (κ2) is 10.2. The predicted molar refractivity (Wildman–Crippen MR) is 146 cm³/mol. The van der Waals surface area contributed by atoms with Crippen LogP contribution in [-0.2, 0) is 0 Å². The number of aryl methyl sites for hydroxylation is 7. The van der Waals surface area contributed by atoms with Crippen LogP contribution >= 0.6 is 0 Å². The van der Waals surface area contributed by atoms with E-state index in [1.54, 1.807) is 10.8 Å². The van der Waals surface area contributed by atoms with Gasteiger partial charge in [0.05, 0.1) is 11.4 Å². The molecule has 0 radical (unpaired) electrons. The summed E-state index contributed by atoms with van der Waals surface area (Å²) in [5.41, 5.74) is 10.8. The topological polar surface area (TPSA) is 62.8 Å². The number of carbonyl (C=O) groups is 1. The first-order chi connectivity index (χ1) is 16.1. The Balaban J connectivity index is 0.00000342. The summed E-state index contributed by atoms with van der Waals surface area (Å²) in [6, 6.07) is 16.1. The number of hydrogen-bond donors (Lipinski definition) is 2. The van der Waals surface area contributed by atoms with E-state index >= 15 is 0 Å². The SMILES string of the molecule is Cc1ccc(NC(=O)c2cn(-c3c(C)cc(C)cc3C)c(=N)n2-c2c(C)cc(C)cc2C)cc1.[LiH]. The molecule has 1 heterocycles. The molecule has 0 saturated carbocycles. The van der Waals surface area contributed by atoms with Crippen LogP contribution in [0.15, 0.2) is 54.7 Å². The fourth-order valence-corrected chi connectivity index (χ4v) is 4.93. The van der Waals surface area contributed by atoms with Gasteiger partial charge in [0.15, 0.2) is 0 Å². The quantitative estimate of drug-likeness (QED) is 0.388. The molecule has 5 nitrogen and oxygen atoms in total. The van der Waals surface area contributed by atoms with Gasteiger partial charge >= 0.3 is 18.9 Å². The van der Waals surface area contributed by atoms with Gasteiger partial charge in [-0.1, -0.05) is 53.1 Å². The Hall–Kier alpha value is -3.26. The number of imidazole rings is 1. The fourth-order valence-electron chi connectivity index (χ4n) is 4.93. The Morgan fingerprint density at radius 3 is 1.66 bits per heavy atom. The summed E-state index contributed by atoms with van der Waals surface area (Å²) in [6.07, 6.45) is 1.79. The van der Waals surface area contributed by atoms with Crippen LogP contribution in [0.2, 0.25) is 0 Å². The number of rotatable bonds is 4. The number of carbonyl (C=O) groups excluding carboxylic acids is 1. The average molecular weight is 461 g/mol. The maximum atomic E-state index is 13.6. The Kier molecular flexibility index (Phi) is 7.64. The number of nitrogens with one attached hydrogen (secondary N) is 2. The molecule has 0 spiro atoms. The number of anilines is 1. The van der Waals surface area contributed by atoms with Gasteiger partial charge in [-0.05, 0) is 82.9 Å². The number of hydrogen-bond acceptors (Lipinski definition) is 2. The minimum absolute atomic E-state index is 0. The van der Waals surface area contributed by atoms with E-state index in [1.165, 1.54) is 5.56 Å². The Morgan fingerprint density at radius 1 is 0.714 bits per heavy atom. The zero-order valence-electron chi connectivity index (χ0n) is 21.0. The summed E-state index contributed by atoms with van der Waals surface area (Å²) in [6.45, 7) is 14.3. The van der Waals surface area contributed by atoms with Gasteiger partial charge in [-0.3, -0.25) is 19.3 Å². The Morgan fingerprint density at radius 2 is 1.17 bits per heavy atom. The van der Waals surface area contributed by atoms with E-state index in [2.05, 4.69) is 43.4 Å². The van der Waals surface area contributed by atoms with Crippen molar-refractivity contribution >= 4 is 30.5 Å². The normalized spacial score (nSPS) is 10.7. The zero-order valence-corrected chi connectivity index (χ0v) is 21.0. The summed E-state index contributed by atoms with van der Waals surface area (Å²) >= 11 is 0. The molecule has 0 aliphatic rings. The first-order valence-corrected chi connectivity index (χ1v) is 11.5. The summed E-state index contributed by atoms with van der Waals surface area (Å²) in [5, 5.41) is 12.2. The number of aromatic nitrogens is 2. The van der Waals surface area contributed by atoms with Gasteiger partial charge in [-0.2, -0.15) is 0 Å². The van der Waals surface area contributed by atoms with E-state index in [4.69, 9.17) is 0 Å². The molecule has 0 atom stereocenters. The molecule has 1 aromatic heterocycles. The molecule has 4 aromatic rings. The van der Waals surface area contributed by atoms with Crippen LogP contribution in [0.25, 0.3) is 11.4 Å². The molecule has 0 fully saturated rings. The van der Waals surface area contributed by atoms with Crippen LogP contribution < -0.4 is 10.9 Å². The first-order valence-electron chi connectivity index (χ1n) is 11.5. The van der Waals surface area contributed by atoms with Gasteiger partial charge in [-0.15, -0.1) is 0 Å². The molecular weight excluding hydrogens is 427 g/mol. The predicted octanol–water partition coefficient (Wildman–Crippen LogP) is 5.51. The van der Waals surface area contributed by atoms with Gasteiger partial charge in [0.1, 0.15) is 5.69 Å². The van der Waals surface area contributed by atoms with Gasteiger partial charge < -0.3 is 5.32 Å². The molecule has 35 heavy (non-hydrogen) atoms. The third-order valence-electron chi connectivity index (χ3n) is 6.21. The number of nitrogens with zero attached hydrogens (tertiary/aromatic N) is 2. The van der Waals surface area contributed by atoms with Crippen LogP contribution in [0.5, 0.6) is 0 Å². The molecule has 176 valence electrons. The van der Waals surface area contributed by atoms with E-state index in [-0.39, 0.29) is 30.4 Å². The van der Waals surface area contributed by atoms with Crippen LogP contribution in [0.1, 0.15) is 49.4 Å². The van der Waals surface area contributed by atoms with E-state index in [9.17, 15) is 10.2 Å². The van der Waals surface area contributed by atoms with E-state index in [1.807, 2.05) is 63.5 Å². The number of benzene rings is 3. The second-order valence-electron chi connectivity index (χ2n) is 9.36. The van der Waals surface area contributed by atoms with Gasteiger partial charge in [0.25, 0.3) is 5.91 Å². The standard InChI is InChI=1S/C29H32N4O.Li.H/c1-17-8-10-24(11-9-17)31-28(34)25-16-32(26-20(4)12-18(2)13-21(26)5)29(30)33(25)27-22(6)14-19(3)15-23(27)7;;/h8-16,30H,1-7H3,(H,31,34);;. The van der Waals surface area contributed by atoms with Crippen molar-refractivity contribution in [1.29, 1.82) is 5.41 Å². The van der Waals surface area contributed by atoms with Crippen LogP contribution in [-0.4, -0.2) is 33.9 Å². The fraction of sp³-hybridized carbons (Fsp3) is 0.241. The van der Waals surface area contributed by atoms with E-state index < -0.39 is 0 Å². The van der Waals surface area contributed by atoms with Crippen molar-refractivity contribution in [3.05, 3.63) is 105 Å². The third-order valence-corrected chi connectivity index (χ3v) is 6.21. The summed E-state index contributed by atoms with van der Waals surface area (Å²) in [5.74, 6) is -0.252. The van der Waals surface area contributed by atoms with Crippen molar-refractivity contribution < 1.29 is 4.79 Å². The van der Waals surface area contributed by atoms with Crippen molar-refractivity contribution in [2.75, 3.05) is 5.32 Å². The number of amides is 1. The van der Waals surface area contributed by atoms with Gasteiger partial charge in [0.2, 0.25) is 5.62 Å². The van der Waals surface area contributed by atoms with Crippen LogP contribution in [0.3, 0.4) is 0 Å². The summed E-state index contributed by atoms with van der Waals surface area (Å²) in [7, 11) is 0. The van der Waals surface area contributed by atoms with Crippen molar-refractivity contribution in [3.63, 3.8) is 0 Å². The van der Waals surface area contributed by atoms with E-state index in [0.717, 1.165) is 50.4 Å². The molecule has 0 saturated heterocycles. The van der Waals surface area contributed by atoms with Crippen LogP contribution in [0, 0.1) is 53.9 Å². The molecule has 2 N–H and O–H groups in total. The molecule has 6 heteroatoms.